The summed E-state index contributed by atoms with van der Waals surface area (Å²) >= 11 is 4.15. The molecule has 3 nitrogen and oxygen atoms in total. The Morgan fingerprint density at radius 2 is 1.86 bits per heavy atom. The molecule has 0 radical (unpaired) electrons. The lowest BCUT2D eigenvalue weighted by molar-refractivity contribution is 0.958. The lowest BCUT2D eigenvalue weighted by Gasteiger charge is -2.11. The zero-order valence-electron chi connectivity index (χ0n) is 12.6. The van der Waals surface area contributed by atoms with Crippen LogP contribution in [0.1, 0.15) is 26.0 Å². The zero-order chi connectivity index (χ0) is 15.2. The van der Waals surface area contributed by atoms with E-state index in [1.165, 1.54) is 4.90 Å². The Morgan fingerprint density at radius 1 is 1.14 bits per heavy atom. The number of halogens is 1. The summed E-state index contributed by atoms with van der Waals surface area (Å²) in [6.45, 7) is 7.28. The lowest BCUT2D eigenvalue weighted by atomic mass is 10.2. The molecule has 0 saturated heterocycles. The number of rotatable bonds is 6. The van der Waals surface area contributed by atoms with Crippen molar-refractivity contribution in [3.63, 3.8) is 0 Å². The van der Waals surface area contributed by atoms with Crippen molar-refractivity contribution in [1.82, 2.24) is 9.97 Å². The number of nitrogens with zero attached hydrogens (tertiary/aromatic N) is 2. The van der Waals surface area contributed by atoms with Gasteiger partial charge in [0.15, 0.2) is 5.82 Å². The van der Waals surface area contributed by atoms with E-state index >= 15 is 0 Å². The van der Waals surface area contributed by atoms with Crippen molar-refractivity contribution in [1.29, 1.82) is 0 Å². The van der Waals surface area contributed by atoms with Crippen LogP contribution >= 0.6 is 34.4 Å². The van der Waals surface area contributed by atoms with Gasteiger partial charge >= 0.3 is 0 Å². The molecule has 21 heavy (non-hydrogen) atoms. The number of anilines is 1. The average molecular weight is 413 g/mol. The number of nitrogens with one attached hydrogen (secondary N) is 1. The number of benzene rings is 1. The van der Waals surface area contributed by atoms with E-state index in [2.05, 4.69) is 76.0 Å². The lowest BCUT2D eigenvalue weighted by Crippen LogP contribution is -2.07. The Morgan fingerprint density at radius 3 is 2.48 bits per heavy atom. The summed E-state index contributed by atoms with van der Waals surface area (Å²) in [4.78, 5) is 10.6. The highest BCUT2D eigenvalue weighted by Gasteiger charge is 2.10. The molecule has 0 saturated carbocycles. The minimum Gasteiger partial charge on any atom is -0.369 e. The second kappa shape index (κ2) is 7.98. The predicted octanol–water partition coefficient (Wildman–Crippen LogP) is 4.99. The molecule has 1 aromatic heterocycles. The van der Waals surface area contributed by atoms with Gasteiger partial charge in [0.2, 0.25) is 0 Å². The van der Waals surface area contributed by atoms with Crippen LogP contribution in [-0.2, 0) is 0 Å². The fraction of sp³-hybridized carbons (Fsp3) is 0.375. The normalized spacial score (nSPS) is 10.7. The Balaban J connectivity index is 2.32. The first kappa shape index (κ1) is 16.5. The molecule has 1 N–H and O–H groups in total. The highest BCUT2D eigenvalue weighted by molar-refractivity contribution is 14.1. The van der Waals surface area contributed by atoms with E-state index in [-0.39, 0.29) is 0 Å². The first-order valence-electron chi connectivity index (χ1n) is 7.17. The van der Waals surface area contributed by atoms with Gasteiger partial charge in [0.1, 0.15) is 5.82 Å². The molecule has 5 heteroatoms. The van der Waals surface area contributed by atoms with Crippen LogP contribution in [0.5, 0.6) is 0 Å². The van der Waals surface area contributed by atoms with Crippen LogP contribution < -0.4 is 5.32 Å². The third-order valence-corrected chi connectivity index (χ3v) is 5.17. The third kappa shape index (κ3) is 4.32. The van der Waals surface area contributed by atoms with E-state index in [9.17, 15) is 0 Å². The van der Waals surface area contributed by atoms with Gasteiger partial charge in [-0.1, -0.05) is 26.0 Å². The van der Waals surface area contributed by atoms with E-state index in [4.69, 9.17) is 0 Å². The fourth-order valence-corrected chi connectivity index (χ4v) is 3.01. The Hall–Kier alpha value is -0.820. The predicted molar refractivity (Wildman–Crippen MR) is 100 cm³/mol. The molecular weight excluding hydrogens is 393 g/mol. The molecule has 0 atom stereocenters. The van der Waals surface area contributed by atoms with Crippen LogP contribution in [0.2, 0.25) is 0 Å². The summed E-state index contributed by atoms with van der Waals surface area (Å²) in [7, 11) is 0. The number of aryl methyl sites for hydroxylation is 1. The van der Waals surface area contributed by atoms with Gasteiger partial charge in [0.25, 0.3) is 0 Å². The van der Waals surface area contributed by atoms with Gasteiger partial charge in [-0.3, -0.25) is 0 Å². The van der Waals surface area contributed by atoms with E-state index in [0.29, 0.717) is 0 Å². The highest BCUT2D eigenvalue weighted by Crippen LogP contribution is 2.25. The smallest absolute Gasteiger partial charge is 0.161 e. The molecule has 1 heterocycles. The van der Waals surface area contributed by atoms with Crippen molar-refractivity contribution < 1.29 is 0 Å². The van der Waals surface area contributed by atoms with Crippen LogP contribution in [0.3, 0.4) is 0 Å². The minimum atomic E-state index is 0.791. The van der Waals surface area contributed by atoms with Crippen LogP contribution in [-0.4, -0.2) is 22.3 Å². The van der Waals surface area contributed by atoms with Gasteiger partial charge in [-0.2, -0.15) is 0 Å². The molecule has 0 aliphatic rings. The second-order valence-corrected chi connectivity index (χ2v) is 7.10. The topological polar surface area (TPSA) is 37.8 Å². The molecule has 0 amide bonds. The first-order valence-corrected chi connectivity index (χ1v) is 9.23. The number of hydrogen-bond donors (Lipinski definition) is 1. The SMILES string of the molecule is CCCNc1nc(-c2ccc(SCC)cc2)nc(C)c1I. The number of thioether (sulfide) groups is 1. The summed E-state index contributed by atoms with van der Waals surface area (Å²) in [5.74, 6) is 2.82. The maximum atomic E-state index is 4.68. The minimum absolute atomic E-state index is 0.791. The van der Waals surface area contributed by atoms with E-state index in [1.54, 1.807) is 0 Å². The third-order valence-electron chi connectivity index (χ3n) is 2.98. The monoisotopic (exact) mass is 413 g/mol. The van der Waals surface area contributed by atoms with Crippen LogP contribution in [0, 0.1) is 10.5 Å². The molecule has 112 valence electrons. The molecule has 0 bridgehead atoms. The van der Waals surface area contributed by atoms with Crippen molar-refractivity contribution in [2.75, 3.05) is 17.6 Å². The summed E-state index contributed by atoms with van der Waals surface area (Å²) in [6.07, 6.45) is 1.08. The highest BCUT2D eigenvalue weighted by atomic mass is 127. The van der Waals surface area contributed by atoms with Gasteiger partial charge in [-0.25, -0.2) is 9.97 Å². The maximum Gasteiger partial charge on any atom is 0.161 e. The largest absolute Gasteiger partial charge is 0.369 e. The number of aromatic nitrogens is 2. The number of hydrogen-bond acceptors (Lipinski definition) is 4. The van der Waals surface area contributed by atoms with Crippen molar-refractivity contribution >= 4 is 40.2 Å². The van der Waals surface area contributed by atoms with Gasteiger partial charge in [0.05, 0.1) is 9.26 Å². The van der Waals surface area contributed by atoms with Crippen molar-refractivity contribution in [3.05, 3.63) is 33.5 Å². The summed E-state index contributed by atoms with van der Waals surface area (Å²) < 4.78 is 1.10. The van der Waals surface area contributed by atoms with E-state index in [0.717, 1.165) is 45.2 Å². The fourth-order valence-electron chi connectivity index (χ4n) is 1.92. The molecule has 0 fully saturated rings. The summed E-state index contributed by atoms with van der Waals surface area (Å²) in [6, 6.07) is 8.48. The summed E-state index contributed by atoms with van der Waals surface area (Å²) in [5, 5.41) is 3.38. The Kier molecular flexibility index (Phi) is 6.29. The van der Waals surface area contributed by atoms with Gasteiger partial charge in [-0.05, 0) is 53.8 Å². The molecule has 0 aliphatic carbocycles. The average Bonchev–Trinajstić information content (AvgIpc) is 2.50. The molecule has 2 aromatic rings. The van der Waals surface area contributed by atoms with Gasteiger partial charge < -0.3 is 5.32 Å². The molecule has 0 aliphatic heterocycles. The second-order valence-electron chi connectivity index (χ2n) is 4.68. The zero-order valence-corrected chi connectivity index (χ0v) is 15.6. The van der Waals surface area contributed by atoms with Gasteiger partial charge in [0, 0.05) is 17.0 Å². The quantitative estimate of drug-likeness (QED) is 0.535. The molecule has 1 aromatic carbocycles. The van der Waals surface area contributed by atoms with E-state index < -0.39 is 0 Å². The van der Waals surface area contributed by atoms with Crippen molar-refractivity contribution in [3.8, 4) is 11.4 Å². The van der Waals surface area contributed by atoms with Gasteiger partial charge in [-0.15, -0.1) is 11.8 Å². The van der Waals surface area contributed by atoms with Crippen molar-refractivity contribution in [2.45, 2.75) is 32.1 Å². The molecule has 2 rings (SSSR count). The maximum absolute atomic E-state index is 4.68. The molecule has 0 unspecified atom stereocenters. The first-order chi connectivity index (χ1) is 10.2. The van der Waals surface area contributed by atoms with Crippen LogP contribution in [0.15, 0.2) is 29.2 Å². The Bertz CT molecular complexity index is 599. The molecule has 0 spiro atoms. The van der Waals surface area contributed by atoms with Crippen molar-refractivity contribution in [2.24, 2.45) is 0 Å². The van der Waals surface area contributed by atoms with Crippen LogP contribution in [0.25, 0.3) is 11.4 Å². The standard InChI is InChI=1S/C16H20IN3S/c1-4-10-18-16-14(17)11(3)19-15(20-16)12-6-8-13(9-7-12)21-5-2/h6-9H,4-5,10H2,1-3H3,(H,18,19,20). The molecular formula is C16H20IN3S. The van der Waals surface area contributed by atoms with E-state index in [1.807, 2.05) is 18.7 Å². The van der Waals surface area contributed by atoms with Crippen LogP contribution in [0.4, 0.5) is 5.82 Å². The Labute approximate surface area is 144 Å². The summed E-state index contributed by atoms with van der Waals surface area (Å²) in [5.41, 5.74) is 2.08.